The summed E-state index contributed by atoms with van der Waals surface area (Å²) in [5.41, 5.74) is 3.98. The van der Waals surface area contributed by atoms with Crippen molar-refractivity contribution in [3.05, 3.63) is 77.9 Å². The molecule has 8 nitrogen and oxygen atoms in total. The Kier molecular flexibility index (Phi) is 7.53. The Balaban J connectivity index is 0.909. The molecule has 7 rings (SSSR count). The van der Waals surface area contributed by atoms with E-state index < -0.39 is 0 Å². The Morgan fingerprint density at radius 1 is 1.00 bits per heavy atom. The second-order valence-corrected chi connectivity index (χ2v) is 12.4. The average molecular weight is 584 g/mol. The predicted octanol–water partition coefficient (Wildman–Crippen LogP) is 5.88. The van der Waals surface area contributed by atoms with Gasteiger partial charge in [0.25, 0.3) is 0 Å². The van der Waals surface area contributed by atoms with Gasteiger partial charge in [0.1, 0.15) is 17.1 Å². The Hall–Kier alpha value is -3.95. The van der Waals surface area contributed by atoms with Gasteiger partial charge in [-0.15, -0.1) is 0 Å². The number of hydrogen-bond acceptors (Lipinski definition) is 7. The number of hydrogen-bond donors (Lipinski definition) is 1. The molecular weight excluding hydrogens is 545 g/mol. The lowest BCUT2D eigenvalue weighted by atomic mass is 9.60. The highest BCUT2D eigenvalue weighted by Crippen LogP contribution is 2.51. The number of rotatable bonds is 8. The van der Waals surface area contributed by atoms with Crippen LogP contribution in [0.5, 0.6) is 17.2 Å². The zero-order valence-electron chi connectivity index (χ0n) is 24.6. The SMILES string of the molecule is COc1cc(CN2CCN(C3CC4(CCN(c5ccc(C=O)c(Oc6cnc7[nH]ccc7c6)c5)CC4)C3)CC2)ccc1F. The van der Waals surface area contributed by atoms with Gasteiger partial charge in [-0.25, -0.2) is 9.37 Å². The zero-order chi connectivity index (χ0) is 29.4. The van der Waals surface area contributed by atoms with Gasteiger partial charge in [-0.2, -0.15) is 0 Å². The first kappa shape index (κ1) is 27.9. The number of aromatic amines is 1. The number of H-pyrrole nitrogens is 1. The molecule has 9 heteroatoms. The molecule has 4 heterocycles. The summed E-state index contributed by atoms with van der Waals surface area (Å²) in [6.07, 6.45) is 9.32. The molecule has 0 atom stereocenters. The molecule has 3 aliphatic rings. The topological polar surface area (TPSA) is 73.9 Å². The minimum Gasteiger partial charge on any atom is -0.494 e. The van der Waals surface area contributed by atoms with Crippen molar-refractivity contribution in [3.8, 4) is 17.2 Å². The van der Waals surface area contributed by atoms with Crippen molar-refractivity contribution in [3.63, 3.8) is 0 Å². The minimum absolute atomic E-state index is 0.310. The van der Waals surface area contributed by atoms with Gasteiger partial charge in [0, 0.05) is 75.2 Å². The number of aromatic nitrogens is 2. The van der Waals surface area contributed by atoms with E-state index in [1.165, 1.54) is 38.9 Å². The number of piperidine rings is 1. The molecule has 2 aromatic carbocycles. The number of carbonyl (C=O) groups excluding carboxylic acids is 1. The van der Waals surface area contributed by atoms with E-state index in [1.807, 2.05) is 48.7 Å². The standard InChI is InChI=1S/C34H38FN5O3/c1-42-32-16-24(2-5-30(32)35)22-38-12-14-40(15-13-38)28-19-34(20-28)7-10-39(11-8-34)27-4-3-26(23-41)31(18-27)43-29-17-25-6-9-36-33(25)37-21-29/h2-6,9,16-18,21,23,28H,7-8,10-15,19-20,22H2,1H3,(H,36,37). The van der Waals surface area contributed by atoms with Crippen LogP contribution in [0.2, 0.25) is 0 Å². The maximum absolute atomic E-state index is 13.8. The monoisotopic (exact) mass is 583 g/mol. The van der Waals surface area contributed by atoms with Crippen molar-refractivity contribution in [1.82, 2.24) is 19.8 Å². The van der Waals surface area contributed by atoms with Crippen LogP contribution in [0.15, 0.2) is 60.9 Å². The molecule has 1 spiro atoms. The number of nitrogens with zero attached hydrogens (tertiary/aromatic N) is 4. The summed E-state index contributed by atoms with van der Waals surface area (Å²) in [6.45, 7) is 7.10. The summed E-state index contributed by atoms with van der Waals surface area (Å²) < 4.78 is 25.1. The summed E-state index contributed by atoms with van der Waals surface area (Å²) in [4.78, 5) is 26.8. The van der Waals surface area contributed by atoms with Crippen LogP contribution in [0.4, 0.5) is 10.1 Å². The van der Waals surface area contributed by atoms with Crippen LogP contribution in [-0.2, 0) is 6.54 Å². The first-order valence-electron chi connectivity index (χ1n) is 15.2. The van der Waals surface area contributed by atoms with Gasteiger partial charge in [-0.3, -0.25) is 14.6 Å². The molecule has 0 amide bonds. The van der Waals surface area contributed by atoms with E-state index in [0.29, 0.717) is 34.3 Å². The third kappa shape index (κ3) is 5.71. The van der Waals surface area contributed by atoms with E-state index in [4.69, 9.17) is 9.47 Å². The summed E-state index contributed by atoms with van der Waals surface area (Å²) in [5, 5.41) is 0.967. The Morgan fingerprint density at radius 2 is 1.81 bits per heavy atom. The van der Waals surface area contributed by atoms with Gasteiger partial charge in [0.2, 0.25) is 0 Å². The highest BCUT2D eigenvalue weighted by Gasteiger charge is 2.48. The average Bonchev–Trinajstić information content (AvgIpc) is 3.49. The lowest BCUT2D eigenvalue weighted by Gasteiger charge is -2.56. The van der Waals surface area contributed by atoms with E-state index in [1.54, 1.807) is 6.20 Å². The first-order valence-corrected chi connectivity index (χ1v) is 15.2. The molecule has 2 aliphatic heterocycles. The number of piperazine rings is 1. The molecule has 2 saturated heterocycles. The largest absolute Gasteiger partial charge is 0.494 e. The van der Waals surface area contributed by atoms with Crippen molar-refractivity contribution in [2.75, 3.05) is 51.3 Å². The molecule has 224 valence electrons. The van der Waals surface area contributed by atoms with Gasteiger partial charge in [-0.1, -0.05) is 6.07 Å². The molecule has 1 saturated carbocycles. The predicted molar refractivity (Wildman–Crippen MR) is 165 cm³/mol. The van der Waals surface area contributed by atoms with E-state index in [-0.39, 0.29) is 5.82 Å². The Bertz CT molecular complexity index is 1600. The van der Waals surface area contributed by atoms with E-state index in [0.717, 1.165) is 74.4 Å². The number of methoxy groups -OCH3 is 1. The van der Waals surface area contributed by atoms with Crippen molar-refractivity contribution < 1.29 is 18.7 Å². The van der Waals surface area contributed by atoms with Crippen LogP contribution < -0.4 is 14.4 Å². The zero-order valence-corrected chi connectivity index (χ0v) is 24.6. The molecule has 4 aromatic rings. The summed E-state index contributed by atoms with van der Waals surface area (Å²) >= 11 is 0. The lowest BCUT2D eigenvalue weighted by molar-refractivity contribution is -0.0355. The smallest absolute Gasteiger partial charge is 0.165 e. The lowest BCUT2D eigenvalue weighted by Crippen LogP contribution is -2.59. The number of anilines is 1. The number of pyridine rings is 1. The maximum Gasteiger partial charge on any atom is 0.165 e. The van der Waals surface area contributed by atoms with Crippen LogP contribution in [0.25, 0.3) is 11.0 Å². The Morgan fingerprint density at radius 3 is 2.58 bits per heavy atom. The third-order valence-electron chi connectivity index (χ3n) is 9.80. The van der Waals surface area contributed by atoms with Crippen LogP contribution in [-0.4, -0.2) is 78.5 Å². The van der Waals surface area contributed by atoms with E-state index in [2.05, 4.69) is 24.7 Å². The van der Waals surface area contributed by atoms with Crippen molar-refractivity contribution in [1.29, 1.82) is 0 Å². The van der Waals surface area contributed by atoms with Crippen LogP contribution >= 0.6 is 0 Å². The second kappa shape index (κ2) is 11.6. The van der Waals surface area contributed by atoms with Crippen LogP contribution in [0, 0.1) is 11.2 Å². The van der Waals surface area contributed by atoms with E-state index in [9.17, 15) is 9.18 Å². The van der Waals surface area contributed by atoms with Gasteiger partial charge in [0.15, 0.2) is 17.9 Å². The summed E-state index contributed by atoms with van der Waals surface area (Å²) in [7, 11) is 1.51. The molecule has 0 radical (unpaired) electrons. The molecule has 0 unspecified atom stereocenters. The Labute approximate surface area is 251 Å². The number of aldehydes is 1. The first-order chi connectivity index (χ1) is 21.0. The van der Waals surface area contributed by atoms with Crippen molar-refractivity contribution in [2.24, 2.45) is 5.41 Å². The molecule has 1 aliphatic carbocycles. The summed E-state index contributed by atoms with van der Waals surface area (Å²) in [5.74, 6) is 1.18. The maximum atomic E-state index is 13.8. The highest BCUT2D eigenvalue weighted by molar-refractivity contribution is 5.81. The van der Waals surface area contributed by atoms with Gasteiger partial charge in [-0.05, 0) is 73.1 Å². The van der Waals surface area contributed by atoms with Crippen LogP contribution in [0.1, 0.15) is 41.6 Å². The third-order valence-corrected chi connectivity index (χ3v) is 9.80. The second-order valence-electron chi connectivity index (χ2n) is 12.4. The molecule has 3 fully saturated rings. The normalized spacial score (nSPS) is 19.4. The highest BCUT2D eigenvalue weighted by atomic mass is 19.1. The number of halogens is 1. The summed E-state index contributed by atoms with van der Waals surface area (Å²) in [6, 6.07) is 15.6. The number of fused-ring (bicyclic) bond motifs is 1. The van der Waals surface area contributed by atoms with E-state index >= 15 is 0 Å². The minimum atomic E-state index is -0.310. The van der Waals surface area contributed by atoms with Crippen molar-refractivity contribution in [2.45, 2.75) is 38.3 Å². The van der Waals surface area contributed by atoms with Gasteiger partial charge in [0.05, 0.1) is 18.9 Å². The fourth-order valence-electron chi connectivity index (χ4n) is 7.20. The van der Waals surface area contributed by atoms with Crippen LogP contribution in [0.3, 0.4) is 0 Å². The molecule has 1 N–H and O–H groups in total. The number of carbonyl (C=O) groups is 1. The fraction of sp³-hybridized carbons (Fsp3) is 0.412. The van der Waals surface area contributed by atoms with Gasteiger partial charge >= 0.3 is 0 Å². The molecule has 2 aromatic heterocycles. The number of nitrogens with one attached hydrogen (secondary N) is 1. The quantitative estimate of drug-likeness (QED) is 0.260. The molecule has 0 bridgehead atoms. The fourth-order valence-corrected chi connectivity index (χ4v) is 7.20. The number of benzene rings is 2. The van der Waals surface area contributed by atoms with Crippen molar-refractivity contribution >= 4 is 23.0 Å². The molecular formula is C34H38FN5O3. The molecule has 43 heavy (non-hydrogen) atoms. The number of ether oxygens (including phenoxy) is 2. The van der Waals surface area contributed by atoms with Gasteiger partial charge < -0.3 is 19.4 Å².